The highest BCUT2D eigenvalue weighted by atomic mass is 16.2. The Labute approximate surface area is 131 Å². The SMILES string of the molecule is CCCCCCCCCCCC(=O)N1CCCC(NC)C1. The molecule has 0 bridgehead atoms. The minimum atomic E-state index is 0.373. The van der Waals surface area contributed by atoms with E-state index in [1.54, 1.807) is 0 Å². The lowest BCUT2D eigenvalue weighted by Gasteiger charge is -2.32. The van der Waals surface area contributed by atoms with Gasteiger partial charge in [0.05, 0.1) is 0 Å². The molecule has 0 aliphatic carbocycles. The van der Waals surface area contributed by atoms with Crippen LogP contribution in [0.2, 0.25) is 0 Å². The lowest BCUT2D eigenvalue weighted by atomic mass is 10.0. The molecule has 3 heteroatoms. The molecule has 21 heavy (non-hydrogen) atoms. The molecule has 1 heterocycles. The van der Waals surface area contributed by atoms with Crippen molar-refractivity contribution in [3.63, 3.8) is 0 Å². The van der Waals surface area contributed by atoms with Crippen molar-refractivity contribution in [2.45, 2.75) is 90.0 Å². The molecule has 0 aromatic carbocycles. The molecule has 1 rings (SSSR count). The third kappa shape index (κ3) is 8.45. The number of carbonyl (C=O) groups excluding carboxylic acids is 1. The van der Waals surface area contributed by atoms with Gasteiger partial charge in [-0.15, -0.1) is 0 Å². The van der Waals surface area contributed by atoms with Gasteiger partial charge in [-0.2, -0.15) is 0 Å². The molecule has 0 aromatic heterocycles. The van der Waals surface area contributed by atoms with E-state index in [-0.39, 0.29) is 0 Å². The molecule has 1 aliphatic rings. The average molecular weight is 296 g/mol. The number of unbranched alkanes of at least 4 members (excludes halogenated alkanes) is 8. The number of piperidine rings is 1. The van der Waals surface area contributed by atoms with Crippen LogP contribution in [-0.2, 0) is 4.79 Å². The lowest BCUT2D eigenvalue weighted by Crippen LogP contribution is -2.46. The zero-order valence-corrected chi connectivity index (χ0v) is 14.3. The summed E-state index contributed by atoms with van der Waals surface area (Å²) in [6.45, 7) is 4.14. The predicted octanol–water partition coefficient (Wildman–Crippen LogP) is 4.12. The van der Waals surface area contributed by atoms with Crippen molar-refractivity contribution in [3.05, 3.63) is 0 Å². The number of nitrogens with one attached hydrogen (secondary N) is 1. The number of likely N-dealkylation sites (N-methyl/N-ethyl adjacent to an activating group) is 1. The van der Waals surface area contributed by atoms with Crippen LogP contribution in [0.3, 0.4) is 0 Å². The molecule has 3 nitrogen and oxygen atoms in total. The number of hydrogen-bond donors (Lipinski definition) is 1. The number of carbonyl (C=O) groups is 1. The van der Waals surface area contributed by atoms with Crippen LogP contribution in [0.1, 0.15) is 84.0 Å². The fourth-order valence-electron chi connectivity index (χ4n) is 3.18. The van der Waals surface area contributed by atoms with Crippen molar-refractivity contribution in [2.75, 3.05) is 20.1 Å². The van der Waals surface area contributed by atoms with Crippen LogP contribution >= 0.6 is 0 Å². The number of hydrogen-bond acceptors (Lipinski definition) is 2. The maximum absolute atomic E-state index is 12.2. The molecule has 1 fully saturated rings. The Bertz CT molecular complexity index is 268. The van der Waals surface area contributed by atoms with E-state index >= 15 is 0 Å². The van der Waals surface area contributed by atoms with Gasteiger partial charge in [-0.05, 0) is 26.3 Å². The van der Waals surface area contributed by atoms with Crippen molar-refractivity contribution < 1.29 is 4.79 Å². The fourth-order valence-corrected chi connectivity index (χ4v) is 3.18. The summed E-state index contributed by atoms with van der Waals surface area (Å²) in [5.41, 5.74) is 0. The molecule has 0 radical (unpaired) electrons. The minimum Gasteiger partial charge on any atom is -0.341 e. The van der Waals surface area contributed by atoms with Gasteiger partial charge < -0.3 is 10.2 Å². The van der Waals surface area contributed by atoms with E-state index in [2.05, 4.69) is 17.1 Å². The molecular formula is C18H36N2O. The van der Waals surface area contributed by atoms with Gasteiger partial charge in [0, 0.05) is 25.6 Å². The summed E-state index contributed by atoms with van der Waals surface area (Å²) < 4.78 is 0. The van der Waals surface area contributed by atoms with Gasteiger partial charge in [0.25, 0.3) is 0 Å². The topological polar surface area (TPSA) is 32.3 Å². The van der Waals surface area contributed by atoms with E-state index in [4.69, 9.17) is 0 Å². The number of likely N-dealkylation sites (tertiary alicyclic amines) is 1. The second-order valence-electron chi connectivity index (χ2n) is 6.55. The molecule has 1 atom stereocenters. The highest BCUT2D eigenvalue weighted by Crippen LogP contribution is 2.14. The van der Waals surface area contributed by atoms with Crippen molar-refractivity contribution in [2.24, 2.45) is 0 Å². The summed E-state index contributed by atoms with van der Waals surface area (Å²) in [5, 5.41) is 3.30. The Morgan fingerprint density at radius 2 is 1.67 bits per heavy atom. The second kappa shape index (κ2) is 12.0. The zero-order chi connectivity index (χ0) is 15.3. The van der Waals surface area contributed by atoms with Gasteiger partial charge in [0.15, 0.2) is 0 Å². The maximum Gasteiger partial charge on any atom is 0.222 e. The third-order valence-electron chi connectivity index (χ3n) is 4.68. The first kappa shape index (κ1) is 18.5. The number of rotatable bonds is 11. The standard InChI is InChI=1S/C18H36N2O/c1-3-4-5-6-7-8-9-10-11-14-18(21)20-15-12-13-17(16-20)19-2/h17,19H,3-16H2,1-2H3. The molecule has 0 saturated carbocycles. The highest BCUT2D eigenvalue weighted by molar-refractivity contribution is 5.76. The van der Waals surface area contributed by atoms with Gasteiger partial charge in [0.2, 0.25) is 5.91 Å². The number of nitrogens with zero attached hydrogens (tertiary/aromatic N) is 1. The highest BCUT2D eigenvalue weighted by Gasteiger charge is 2.21. The summed E-state index contributed by atoms with van der Waals surface area (Å²) in [4.78, 5) is 14.2. The molecule has 1 saturated heterocycles. The molecule has 1 amide bonds. The quantitative estimate of drug-likeness (QED) is 0.582. The number of amides is 1. The predicted molar refractivity (Wildman–Crippen MR) is 90.5 cm³/mol. The van der Waals surface area contributed by atoms with Gasteiger partial charge in [0.1, 0.15) is 0 Å². The smallest absolute Gasteiger partial charge is 0.222 e. The summed E-state index contributed by atoms with van der Waals surface area (Å²) in [6, 6.07) is 0.505. The van der Waals surface area contributed by atoms with Gasteiger partial charge >= 0.3 is 0 Å². The van der Waals surface area contributed by atoms with Crippen LogP contribution in [0.25, 0.3) is 0 Å². The molecular weight excluding hydrogens is 260 g/mol. The average Bonchev–Trinajstić information content (AvgIpc) is 2.53. The Hall–Kier alpha value is -0.570. The van der Waals surface area contributed by atoms with Crippen LogP contribution in [0.4, 0.5) is 0 Å². The van der Waals surface area contributed by atoms with E-state index in [1.165, 1.54) is 57.8 Å². The minimum absolute atomic E-state index is 0.373. The summed E-state index contributed by atoms with van der Waals surface area (Å²) in [7, 11) is 2.00. The van der Waals surface area contributed by atoms with E-state index in [0.29, 0.717) is 11.9 Å². The zero-order valence-electron chi connectivity index (χ0n) is 14.3. The normalized spacial score (nSPS) is 19.0. The molecule has 1 unspecified atom stereocenters. The van der Waals surface area contributed by atoms with Gasteiger partial charge in [-0.25, -0.2) is 0 Å². The Balaban J connectivity index is 1.96. The monoisotopic (exact) mass is 296 g/mol. The van der Waals surface area contributed by atoms with Crippen molar-refractivity contribution in [1.82, 2.24) is 10.2 Å². The van der Waals surface area contributed by atoms with Gasteiger partial charge in [-0.3, -0.25) is 4.79 Å². The molecule has 1 N–H and O–H groups in total. The van der Waals surface area contributed by atoms with E-state index in [1.807, 2.05) is 7.05 Å². The fraction of sp³-hybridized carbons (Fsp3) is 0.944. The summed E-state index contributed by atoms with van der Waals surface area (Å²) in [6.07, 6.45) is 15.0. The third-order valence-corrected chi connectivity index (χ3v) is 4.68. The Morgan fingerprint density at radius 3 is 2.29 bits per heavy atom. The molecule has 0 aromatic rings. The van der Waals surface area contributed by atoms with Crippen molar-refractivity contribution in [3.8, 4) is 0 Å². The van der Waals surface area contributed by atoms with Crippen LogP contribution in [-0.4, -0.2) is 37.0 Å². The Kier molecular flexibility index (Phi) is 10.6. The molecule has 0 spiro atoms. The van der Waals surface area contributed by atoms with Crippen LogP contribution in [0, 0.1) is 0 Å². The molecule has 1 aliphatic heterocycles. The van der Waals surface area contributed by atoms with Crippen LogP contribution in [0.15, 0.2) is 0 Å². The Morgan fingerprint density at radius 1 is 1.05 bits per heavy atom. The van der Waals surface area contributed by atoms with E-state index < -0.39 is 0 Å². The van der Waals surface area contributed by atoms with Crippen LogP contribution < -0.4 is 5.32 Å². The van der Waals surface area contributed by atoms with E-state index in [9.17, 15) is 4.79 Å². The first-order chi connectivity index (χ1) is 10.3. The summed E-state index contributed by atoms with van der Waals surface area (Å²) in [5.74, 6) is 0.373. The largest absolute Gasteiger partial charge is 0.341 e. The first-order valence-corrected chi connectivity index (χ1v) is 9.23. The van der Waals surface area contributed by atoms with Crippen molar-refractivity contribution in [1.29, 1.82) is 0 Å². The van der Waals surface area contributed by atoms with Gasteiger partial charge in [-0.1, -0.05) is 58.3 Å². The van der Waals surface area contributed by atoms with Crippen LogP contribution in [0.5, 0.6) is 0 Å². The maximum atomic E-state index is 12.2. The summed E-state index contributed by atoms with van der Waals surface area (Å²) >= 11 is 0. The lowest BCUT2D eigenvalue weighted by molar-refractivity contribution is -0.132. The van der Waals surface area contributed by atoms with E-state index in [0.717, 1.165) is 32.4 Å². The molecule has 124 valence electrons. The van der Waals surface area contributed by atoms with Crippen molar-refractivity contribution >= 4 is 5.91 Å². The second-order valence-corrected chi connectivity index (χ2v) is 6.55. The first-order valence-electron chi connectivity index (χ1n) is 9.23.